The number of aromatic nitrogens is 2. The Balaban J connectivity index is 2.47. The summed E-state index contributed by atoms with van der Waals surface area (Å²) in [5.74, 6) is 0. The van der Waals surface area contributed by atoms with Gasteiger partial charge in [-0.15, -0.1) is 0 Å². The summed E-state index contributed by atoms with van der Waals surface area (Å²) in [4.78, 5) is 2.19. The second-order valence-electron chi connectivity index (χ2n) is 4.44. The molecule has 0 saturated heterocycles. The van der Waals surface area contributed by atoms with Crippen LogP contribution in [-0.2, 0) is 0 Å². The van der Waals surface area contributed by atoms with Gasteiger partial charge in [0, 0.05) is 18.0 Å². The molecule has 0 atom stereocenters. The van der Waals surface area contributed by atoms with Crippen LogP contribution in [0.4, 0.5) is 5.69 Å². The molecule has 0 N–H and O–H groups in total. The fourth-order valence-corrected chi connectivity index (χ4v) is 2.05. The van der Waals surface area contributed by atoms with Crippen LogP contribution < -0.4 is 4.90 Å². The summed E-state index contributed by atoms with van der Waals surface area (Å²) in [5.41, 5.74) is 1.93. The van der Waals surface area contributed by atoms with Gasteiger partial charge in [0.1, 0.15) is 0 Å². The highest BCUT2D eigenvalue weighted by Gasteiger charge is 2.13. The van der Waals surface area contributed by atoms with E-state index in [4.69, 9.17) is 5.26 Å². The van der Waals surface area contributed by atoms with Crippen molar-refractivity contribution < 1.29 is 0 Å². The van der Waals surface area contributed by atoms with Crippen LogP contribution in [0.5, 0.6) is 0 Å². The van der Waals surface area contributed by atoms with Crippen LogP contribution in [0.15, 0.2) is 30.5 Å². The Morgan fingerprint density at radius 3 is 2.83 bits per heavy atom. The van der Waals surface area contributed by atoms with E-state index in [1.807, 2.05) is 24.3 Å². The highest BCUT2D eigenvalue weighted by molar-refractivity contribution is 5.90. The van der Waals surface area contributed by atoms with Crippen molar-refractivity contribution in [2.24, 2.45) is 0 Å². The predicted molar refractivity (Wildman–Crippen MR) is 72.3 cm³/mol. The molecule has 2 aromatic rings. The Morgan fingerprint density at radius 1 is 1.33 bits per heavy atom. The Bertz CT molecular complexity index is 566. The van der Waals surface area contributed by atoms with E-state index in [0.29, 0.717) is 19.0 Å². The van der Waals surface area contributed by atoms with Crippen molar-refractivity contribution in [3.05, 3.63) is 30.5 Å². The van der Waals surface area contributed by atoms with Crippen molar-refractivity contribution in [1.82, 2.24) is 10.2 Å². The first-order chi connectivity index (χ1) is 8.74. The monoisotopic (exact) mass is 240 g/mol. The smallest absolute Gasteiger partial charge is 0.0950 e. The maximum Gasteiger partial charge on any atom is 0.0950 e. The summed E-state index contributed by atoms with van der Waals surface area (Å²) in [6, 6.07) is 10.5. The Morgan fingerprint density at radius 2 is 2.11 bits per heavy atom. The van der Waals surface area contributed by atoms with Crippen molar-refractivity contribution in [1.29, 1.82) is 5.26 Å². The molecular weight excluding hydrogens is 224 g/mol. The van der Waals surface area contributed by atoms with Crippen LogP contribution in [-0.4, -0.2) is 22.8 Å². The van der Waals surface area contributed by atoms with E-state index in [2.05, 4.69) is 35.0 Å². The van der Waals surface area contributed by atoms with Gasteiger partial charge in [0.15, 0.2) is 0 Å². The SMILES string of the molecule is CC(C)N(CCC#N)c1cnnc2ccccc12. The van der Waals surface area contributed by atoms with Crippen molar-refractivity contribution in [2.75, 3.05) is 11.4 Å². The number of rotatable bonds is 4. The zero-order valence-electron chi connectivity index (χ0n) is 10.7. The van der Waals surface area contributed by atoms with Crippen LogP contribution in [0.1, 0.15) is 20.3 Å². The van der Waals surface area contributed by atoms with E-state index < -0.39 is 0 Å². The summed E-state index contributed by atoms with van der Waals surface area (Å²) < 4.78 is 0. The molecule has 0 aliphatic heterocycles. The third kappa shape index (κ3) is 2.40. The molecule has 1 aromatic heterocycles. The van der Waals surface area contributed by atoms with Gasteiger partial charge < -0.3 is 4.90 Å². The van der Waals surface area contributed by atoms with Gasteiger partial charge in [0.05, 0.1) is 29.9 Å². The molecule has 4 nitrogen and oxygen atoms in total. The summed E-state index contributed by atoms with van der Waals surface area (Å²) >= 11 is 0. The first-order valence-electron chi connectivity index (χ1n) is 6.08. The van der Waals surface area contributed by atoms with E-state index in [0.717, 1.165) is 16.6 Å². The number of fused-ring (bicyclic) bond motifs is 1. The number of hydrogen-bond acceptors (Lipinski definition) is 4. The maximum atomic E-state index is 8.75. The van der Waals surface area contributed by atoms with Crippen LogP contribution in [0.3, 0.4) is 0 Å². The number of nitrogens with zero attached hydrogens (tertiary/aromatic N) is 4. The second-order valence-corrected chi connectivity index (χ2v) is 4.44. The van der Waals surface area contributed by atoms with Gasteiger partial charge in [-0.05, 0) is 19.9 Å². The molecule has 0 spiro atoms. The lowest BCUT2D eigenvalue weighted by Gasteiger charge is -2.28. The molecule has 18 heavy (non-hydrogen) atoms. The standard InChI is InChI=1S/C14H16N4/c1-11(2)18(9-5-8-15)14-10-16-17-13-7-4-3-6-12(13)14/h3-4,6-7,10-11H,5,9H2,1-2H3. The van der Waals surface area contributed by atoms with E-state index in [1.165, 1.54) is 0 Å². The van der Waals surface area contributed by atoms with Crippen LogP contribution in [0, 0.1) is 11.3 Å². The summed E-state index contributed by atoms with van der Waals surface area (Å²) in [6.07, 6.45) is 2.29. The Labute approximate surface area is 107 Å². The highest BCUT2D eigenvalue weighted by atomic mass is 15.2. The first kappa shape index (κ1) is 12.3. The summed E-state index contributed by atoms with van der Waals surface area (Å²) in [6.45, 7) is 4.95. The van der Waals surface area contributed by atoms with E-state index in [-0.39, 0.29) is 0 Å². The maximum absolute atomic E-state index is 8.75. The third-order valence-electron chi connectivity index (χ3n) is 2.92. The van der Waals surface area contributed by atoms with Crippen molar-refractivity contribution >= 4 is 16.6 Å². The molecule has 0 saturated carbocycles. The normalized spacial score (nSPS) is 10.6. The van der Waals surface area contributed by atoms with Crippen LogP contribution in [0.25, 0.3) is 10.9 Å². The molecular formula is C14H16N4. The minimum Gasteiger partial charge on any atom is -0.366 e. The molecule has 1 aromatic carbocycles. The number of anilines is 1. The fraction of sp³-hybridized carbons (Fsp3) is 0.357. The highest BCUT2D eigenvalue weighted by Crippen LogP contribution is 2.25. The van der Waals surface area contributed by atoms with Gasteiger partial charge in [-0.1, -0.05) is 18.2 Å². The molecule has 0 unspecified atom stereocenters. The lowest BCUT2D eigenvalue weighted by Crippen LogP contribution is -2.31. The van der Waals surface area contributed by atoms with E-state index in [9.17, 15) is 0 Å². The summed E-state index contributed by atoms with van der Waals surface area (Å²) in [7, 11) is 0. The topological polar surface area (TPSA) is 52.8 Å². The Hall–Kier alpha value is -2.15. The zero-order valence-corrected chi connectivity index (χ0v) is 10.7. The average molecular weight is 240 g/mol. The van der Waals surface area contributed by atoms with Gasteiger partial charge >= 0.3 is 0 Å². The van der Waals surface area contributed by atoms with Gasteiger partial charge in [-0.3, -0.25) is 0 Å². The first-order valence-corrected chi connectivity index (χ1v) is 6.08. The zero-order chi connectivity index (χ0) is 13.0. The quantitative estimate of drug-likeness (QED) is 0.824. The van der Waals surface area contributed by atoms with Crippen LogP contribution >= 0.6 is 0 Å². The fourth-order valence-electron chi connectivity index (χ4n) is 2.05. The average Bonchev–Trinajstić information content (AvgIpc) is 2.39. The number of benzene rings is 1. The number of nitriles is 1. The lowest BCUT2D eigenvalue weighted by atomic mass is 10.1. The second kappa shape index (κ2) is 5.46. The molecule has 0 bridgehead atoms. The van der Waals surface area contributed by atoms with E-state index >= 15 is 0 Å². The molecule has 1 heterocycles. The van der Waals surface area contributed by atoms with Gasteiger partial charge in [-0.25, -0.2) is 0 Å². The molecule has 4 heteroatoms. The van der Waals surface area contributed by atoms with Crippen molar-refractivity contribution in [2.45, 2.75) is 26.3 Å². The molecule has 92 valence electrons. The molecule has 0 fully saturated rings. The minimum atomic E-state index is 0.325. The van der Waals surface area contributed by atoms with Gasteiger partial charge in [0.2, 0.25) is 0 Å². The molecule has 0 aliphatic carbocycles. The molecule has 0 radical (unpaired) electrons. The molecule has 0 amide bonds. The molecule has 0 aliphatic rings. The number of hydrogen-bond donors (Lipinski definition) is 0. The molecule has 2 rings (SSSR count). The van der Waals surface area contributed by atoms with Gasteiger partial charge in [-0.2, -0.15) is 15.5 Å². The largest absolute Gasteiger partial charge is 0.366 e. The van der Waals surface area contributed by atoms with E-state index in [1.54, 1.807) is 6.20 Å². The van der Waals surface area contributed by atoms with Crippen molar-refractivity contribution in [3.8, 4) is 6.07 Å². The Kier molecular flexibility index (Phi) is 3.73. The van der Waals surface area contributed by atoms with Crippen LogP contribution in [0.2, 0.25) is 0 Å². The third-order valence-corrected chi connectivity index (χ3v) is 2.92. The lowest BCUT2D eigenvalue weighted by molar-refractivity contribution is 0.687. The van der Waals surface area contributed by atoms with Gasteiger partial charge in [0.25, 0.3) is 0 Å². The summed E-state index contributed by atoms with van der Waals surface area (Å²) in [5, 5.41) is 18.0. The predicted octanol–water partition coefficient (Wildman–Crippen LogP) is 2.76. The van der Waals surface area contributed by atoms with Crippen molar-refractivity contribution in [3.63, 3.8) is 0 Å². The minimum absolute atomic E-state index is 0.325.